The summed E-state index contributed by atoms with van der Waals surface area (Å²) < 4.78 is 0. The number of fused-ring (bicyclic) bond motifs is 1. The average Bonchev–Trinajstić information content (AvgIpc) is 2.77. The van der Waals surface area contributed by atoms with Crippen LogP contribution in [0.3, 0.4) is 0 Å². The van der Waals surface area contributed by atoms with E-state index in [4.69, 9.17) is 0 Å². The SMILES string of the molecule is CC(C)CNCCCCCCN1c2ccccc2CC1C. The molecule has 0 aromatic heterocycles. The van der Waals surface area contributed by atoms with E-state index in [-0.39, 0.29) is 0 Å². The molecule has 1 unspecified atom stereocenters. The lowest BCUT2D eigenvalue weighted by Gasteiger charge is -2.24. The van der Waals surface area contributed by atoms with Gasteiger partial charge in [0.1, 0.15) is 0 Å². The molecule has 0 radical (unpaired) electrons. The van der Waals surface area contributed by atoms with Crippen LogP contribution < -0.4 is 10.2 Å². The highest BCUT2D eigenvalue weighted by Crippen LogP contribution is 2.31. The van der Waals surface area contributed by atoms with Crippen molar-refractivity contribution in [3.05, 3.63) is 29.8 Å². The van der Waals surface area contributed by atoms with Crippen molar-refractivity contribution in [2.45, 2.75) is 58.9 Å². The normalized spacial score (nSPS) is 17.5. The number of nitrogens with one attached hydrogen (secondary N) is 1. The minimum absolute atomic E-state index is 0.676. The van der Waals surface area contributed by atoms with Gasteiger partial charge >= 0.3 is 0 Å². The Kier molecular flexibility index (Phi) is 6.56. The van der Waals surface area contributed by atoms with Gasteiger partial charge in [0, 0.05) is 18.3 Å². The van der Waals surface area contributed by atoms with Crippen molar-refractivity contribution >= 4 is 5.69 Å². The third-order valence-electron chi connectivity index (χ3n) is 4.40. The van der Waals surface area contributed by atoms with Gasteiger partial charge in [-0.1, -0.05) is 44.9 Å². The van der Waals surface area contributed by atoms with E-state index in [1.54, 1.807) is 0 Å². The van der Waals surface area contributed by atoms with Crippen LogP contribution in [0.15, 0.2) is 24.3 Å². The summed E-state index contributed by atoms with van der Waals surface area (Å²) in [4.78, 5) is 2.60. The van der Waals surface area contributed by atoms with Crippen LogP contribution in [0.4, 0.5) is 5.69 Å². The first-order chi connectivity index (χ1) is 10.2. The maximum Gasteiger partial charge on any atom is 0.0402 e. The molecule has 1 aromatic rings. The first-order valence-electron chi connectivity index (χ1n) is 8.73. The Morgan fingerprint density at radius 3 is 2.71 bits per heavy atom. The van der Waals surface area contributed by atoms with E-state index in [0.29, 0.717) is 6.04 Å². The summed E-state index contributed by atoms with van der Waals surface area (Å²) in [5.74, 6) is 0.765. The number of benzene rings is 1. The van der Waals surface area contributed by atoms with Crippen LogP contribution in [-0.2, 0) is 6.42 Å². The van der Waals surface area contributed by atoms with Gasteiger partial charge in [0.05, 0.1) is 0 Å². The second-order valence-corrected chi connectivity index (χ2v) is 6.89. The van der Waals surface area contributed by atoms with Crippen molar-refractivity contribution in [3.63, 3.8) is 0 Å². The molecular formula is C19H32N2. The molecule has 0 spiro atoms. The molecule has 0 saturated heterocycles. The third-order valence-corrected chi connectivity index (χ3v) is 4.40. The predicted molar refractivity (Wildman–Crippen MR) is 93.1 cm³/mol. The molecule has 1 aliphatic heterocycles. The standard InChI is InChI=1S/C19H32N2/c1-16(2)15-20-12-8-4-5-9-13-21-17(3)14-18-10-6-7-11-19(18)21/h6-7,10-11,16-17,20H,4-5,8-9,12-15H2,1-3H3. The number of unbranched alkanes of at least 4 members (excludes halogenated alkanes) is 3. The molecule has 1 aromatic carbocycles. The van der Waals surface area contributed by atoms with Crippen molar-refractivity contribution in [2.24, 2.45) is 5.92 Å². The molecule has 0 saturated carbocycles. The molecule has 1 atom stereocenters. The van der Waals surface area contributed by atoms with Gasteiger partial charge in [0.15, 0.2) is 0 Å². The fraction of sp³-hybridized carbons (Fsp3) is 0.684. The van der Waals surface area contributed by atoms with Gasteiger partial charge in [0.2, 0.25) is 0 Å². The Morgan fingerprint density at radius 1 is 1.14 bits per heavy atom. The molecule has 2 rings (SSSR count). The summed E-state index contributed by atoms with van der Waals surface area (Å²) in [5, 5.41) is 3.53. The van der Waals surface area contributed by atoms with Crippen LogP contribution in [0.25, 0.3) is 0 Å². The zero-order valence-corrected chi connectivity index (χ0v) is 14.1. The smallest absolute Gasteiger partial charge is 0.0402 e. The zero-order valence-electron chi connectivity index (χ0n) is 14.1. The number of para-hydroxylation sites is 1. The summed E-state index contributed by atoms with van der Waals surface area (Å²) in [6, 6.07) is 9.58. The van der Waals surface area contributed by atoms with Crippen LogP contribution >= 0.6 is 0 Å². The lowest BCUT2D eigenvalue weighted by molar-refractivity contribution is 0.523. The van der Waals surface area contributed by atoms with Crippen molar-refractivity contribution in [3.8, 4) is 0 Å². The lowest BCUT2D eigenvalue weighted by Crippen LogP contribution is -2.30. The minimum Gasteiger partial charge on any atom is -0.368 e. The van der Waals surface area contributed by atoms with Crippen LogP contribution in [0.1, 0.15) is 52.0 Å². The Hall–Kier alpha value is -1.02. The first kappa shape index (κ1) is 16.4. The molecular weight excluding hydrogens is 256 g/mol. The molecule has 1 N–H and O–H groups in total. The molecule has 21 heavy (non-hydrogen) atoms. The topological polar surface area (TPSA) is 15.3 Å². The zero-order chi connectivity index (χ0) is 15.1. The Labute approximate surface area is 130 Å². The van der Waals surface area contributed by atoms with Crippen LogP contribution in [0, 0.1) is 5.92 Å². The van der Waals surface area contributed by atoms with Crippen molar-refractivity contribution in [1.29, 1.82) is 0 Å². The number of hydrogen-bond acceptors (Lipinski definition) is 2. The highest BCUT2D eigenvalue weighted by atomic mass is 15.2. The fourth-order valence-electron chi connectivity index (χ4n) is 3.25. The second-order valence-electron chi connectivity index (χ2n) is 6.89. The first-order valence-corrected chi connectivity index (χ1v) is 8.73. The van der Waals surface area contributed by atoms with E-state index in [1.807, 2.05) is 0 Å². The monoisotopic (exact) mass is 288 g/mol. The summed E-state index contributed by atoms with van der Waals surface area (Å²) in [5.41, 5.74) is 3.01. The van der Waals surface area contributed by atoms with E-state index in [0.717, 1.165) is 12.5 Å². The highest BCUT2D eigenvalue weighted by molar-refractivity contribution is 5.59. The minimum atomic E-state index is 0.676. The summed E-state index contributed by atoms with van der Waals surface area (Å²) in [6.07, 6.45) is 6.57. The largest absolute Gasteiger partial charge is 0.368 e. The van der Waals surface area contributed by atoms with Crippen molar-refractivity contribution < 1.29 is 0 Å². The number of hydrogen-bond donors (Lipinski definition) is 1. The fourth-order valence-corrected chi connectivity index (χ4v) is 3.25. The molecule has 2 heteroatoms. The maximum absolute atomic E-state index is 3.53. The van der Waals surface area contributed by atoms with Crippen molar-refractivity contribution in [1.82, 2.24) is 5.32 Å². The summed E-state index contributed by atoms with van der Waals surface area (Å²) in [7, 11) is 0. The molecule has 118 valence electrons. The molecule has 1 heterocycles. The van der Waals surface area contributed by atoms with Gasteiger partial charge in [-0.2, -0.15) is 0 Å². The number of nitrogens with zero attached hydrogens (tertiary/aromatic N) is 1. The van der Waals surface area contributed by atoms with Crippen LogP contribution in [0.5, 0.6) is 0 Å². The lowest BCUT2D eigenvalue weighted by atomic mass is 10.1. The van der Waals surface area contributed by atoms with E-state index in [1.165, 1.54) is 56.4 Å². The highest BCUT2D eigenvalue weighted by Gasteiger charge is 2.24. The average molecular weight is 288 g/mol. The quantitative estimate of drug-likeness (QED) is 0.684. The van der Waals surface area contributed by atoms with Gasteiger partial charge < -0.3 is 10.2 Å². The van der Waals surface area contributed by atoms with E-state index >= 15 is 0 Å². The van der Waals surface area contributed by atoms with E-state index in [9.17, 15) is 0 Å². The van der Waals surface area contributed by atoms with E-state index < -0.39 is 0 Å². The summed E-state index contributed by atoms with van der Waals surface area (Å²) in [6.45, 7) is 10.4. The summed E-state index contributed by atoms with van der Waals surface area (Å²) >= 11 is 0. The molecule has 0 fully saturated rings. The Bertz CT molecular complexity index is 414. The van der Waals surface area contributed by atoms with Gasteiger partial charge in [-0.25, -0.2) is 0 Å². The molecule has 0 bridgehead atoms. The molecule has 2 nitrogen and oxygen atoms in total. The van der Waals surface area contributed by atoms with Gasteiger partial charge in [-0.05, 0) is 56.8 Å². The van der Waals surface area contributed by atoms with Gasteiger partial charge in [0.25, 0.3) is 0 Å². The van der Waals surface area contributed by atoms with Crippen molar-refractivity contribution in [2.75, 3.05) is 24.5 Å². The second kappa shape index (κ2) is 8.43. The molecule has 1 aliphatic rings. The molecule has 0 aliphatic carbocycles. The van der Waals surface area contributed by atoms with Crippen LogP contribution in [-0.4, -0.2) is 25.7 Å². The van der Waals surface area contributed by atoms with Gasteiger partial charge in [-0.3, -0.25) is 0 Å². The predicted octanol–water partition coefficient (Wildman–Crippen LogP) is 4.24. The maximum atomic E-state index is 3.53. The Morgan fingerprint density at radius 2 is 1.90 bits per heavy atom. The number of rotatable bonds is 9. The number of anilines is 1. The van der Waals surface area contributed by atoms with Gasteiger partial charge in [-0.15, -0.1) is 0 Å². The third kappa shape index (κ3) is 5.03. The van der Waals surface area contributed by atoms with Crippen LogP contribution in [0.2, 0.25) is 0 Å². The molecule has 0 amide bonds. The Balaban J connectivity index is 1.59. The van der Waals surface area contributed by atoms with E-state index in [2.05, 4.69) is 55.3 Å².